The molecule has 0 saturated heterocycles. The van der Waals surface area contributed by atoms with Gasteiger partial charge in [-0.1, -0.05) is 128 Å². The molecule has 274 valence electrons. The fraction of sp³-hybridized carbons (Fsp3) is 0.111. The second-order valence-corrected chi connectivity index (χ2v) is 15.5. The molecule has 57 heavy (non-hydrogen) atoms. The molecular weight excluding hydrogens is 691 g/mol. The lowest BCUT2D eigenvalue weighted by Gasteiger charge is -2.19. The average molecular weight is 734 g/mol. The molecular formula is C54H43N3. The highest BCUT2D eigenvalue weighted by Crippen LogP contribution is 2.43. The number of benzene rings is 7. The van der Waals surface area contributed by atoms with Gasteiger partial charge in [0.2, 0.25) is 0 Å². The predicted octanol–water partition coefficient (Wildman–Crippen LogP) is 14.6. The van der Waals surface area contributed by atoms with Crippen LogP contribution in [0.2, 0.25) is 0 Å². The molecule has 0 amide bonds. The van der Waals surface area contributed by atoms with Crippen LogP contribution in [-0.2, 0) is 0 Å². The van der Waals surface area contributed by atoms with Gasteiger partial charge in [0.25, 0.3) is 0 Å². The molecule has 3 aromatic heterocycles. The Morgan fingerprint density at radius 1 is 0.456 bits per heavy atom. The van der Waals surface area contributed by atoms with Crippen molar-refractivity contribution in [3.05, 3.63) is 199 Å². The number of rotatable bonds is 5. The summed E-state index contributed by atoms with van der Waals surface area (Å²) in [5.74, 6) is 0.411. The lowest BCUT2D eigenvalue weighted by Crippen LogP contribution is -2.04. The molecule has 1 aliphatic carbocycles. The van der Waals surface area contributed by atoms with Crippen molar-refractivity contribution in [2.45, 2.75) is 38.5 Å². The molecule has 0 saturated carbocycles. The zero-order valence-electron chi connectivity index (χ0n) is 32.1. The minimum atomic E-state index is 0.411. The molecule has 7 aromatic carbocycles. The molecule has 3 heterocycles. The lowest BCUT2D eigenvalue weighted by molar-refractivity contribution is 0.581. The summed E-state index contributed by atoms with van der Waals surface area (Å²) in [5, 5.41) is 6.44. The highest BCUT2D eigenvalue weighted by molar-refractivity contribution is 6.10. The number of para-hydroxylation sites is 4. The number of allylic oxidation sites excluding steroid dienone is 3. The van der Waals surface area contributed by atoms with Crippen LogP contribution in [-0.4, -0.2) is 13.7 Å². The highest BCUT2D eigenvalue weighted by Gasteiger charge is 2.25. The maximum absolute atomic E-state index is 2.54. The summed E-state index contributed by atoms with van der Waals surface area (Å²) in [6.45, 7) is 2.37. The van der Waals surface area contributed by atoms with Crippen molar-refractivity contribution >= 4 is 66.2 Å². The van der Waals surface area contributed by atoms with E-state index in [4.69, 9.17) is 0 Å². The van der Waals surface area contributed by atoms with Gasteiger partial charge in [0.1, 0.15) is 0 Å². The summed E-state index contributed by atoms with van der Waals surface area (Å²) in [6, 6.07) is 62.5. The van der Waals surface area contributed by atoms with Crippen molar-refractivity contribution in [2.24, 2.45) is 0 Å². The lowest BCUT2D eigenvalue weighted by atomic mass is 9.87. The van der Waals surface area contributed by atoms with Crippen molar-refractivity contribution in [3.8, 4) is 17.1 Å². The minimum absolute atomic E-state index is 0.411. The van der Waals surface area contributed by atoms with Gasteiger partial charge >= 0.3 is 0 Å². The average Bonchev–Trinajstić information content (AvgIpc) is 3.91. The first-order valence-electron chi connectivity index (χ1n) is 20.5. The number of aromatic nitrogens is 3. The second-order valence-electron chi connectivity index (χ2n) is 15.5. The van der Waals surface area contributed by atoms with Crippen molar-refractivity contribution in [1.29, 1.82) is 0 Å². The largest absolute Gasteiger partial charge is 0.309 e. The van der Waals surface area contributed by atoms with Gasteiger partial charge < -0.3 is 13.7 Å². The van der Waals surface area contributed by atoms with Crippen LogP contribution in [0.3, 0.4) is 0 Å². The fourth-order valence-electron chi connectivity index (χ4n) is 9.76. The van der Waals surface area contributed by atoms with Gasteiger partial charge in [0.15, 0.2) is 0 Å². The van der Waals surface area contributed by atoms with E-state index in [-0.39, 0.29) is 0 Å². The third-order valence-corrected chi connectivity index (χ3v) is 12.3. The Morgan fingerprint density at radius 3 is 1.54 bits per heavy atom. The van der Waals surface area contributed by atoms with Crippen LogP contribution in [0.4, 0.5) is 0 Å². The van der Waals surface area contributed by atoms with E-state index in [9.17, 15) is 0 Å². The summed E-state index contributed by atoms with van der Waals surface area (Å²) < 4.78 is 7.44. The van der Waals surface area contributed by atoms with E-state index in [0.717, 1.165) is 37.1 Å². The van der Waals surface area contributed by atoms with Gasteiger partial charge in [-0.25, -0.2) is 0 Å². The topological polar surface area (TPSA) is 14.8 Å². The smallest absolute Gasteiger partial charge is 0.0541 e. The summed E-state index contributed by atoms with van der Waals surface area (Å²) in [4.78, 5) is 0. The van der Waals surface area contributed by atoms with E-state index in [0.29, 0.717) is 5.92 Å². The van der Waals surface area contributed by atoms with Gasteiger partial charge in [0, 0.05) is 44.0 Å². The number of hydrogen-bond acceptors (Lipinski definition) is 0. The van der Waals surface area contributed by atoms with E-state index >= 15 is 0 Å². The van der Waals surface area contributed by atoms with E-state index in [1.807, 2.05) is 0 Å². The third kappa shape index (κ3) is 5.41. The molecule has 3 nitrogen and oxygen atoms in total. The van der Waals surface area contributed by atoms with Crippen LogP contribution in [0.5, 0.6) is 0 Å². The Kier molecular flexibility index (Phi) is 8.06. The van der Waals surface area contributed by atoms with Crippen molar-refractivity contribution in [2.75, 3.05) is 0 Å². The molecule has 1 atom stereocenters. The summed E-state index contributed by atoms with van der Waals surface area (Å²) >= 11 is 0. The van der Waals surface area contributed by atoms with Crippen LogP contribution in [0.25, 0.3) is 83.2 Å². The Labute approximate surface area is 333 Å². The SMILES string of the molecule is CCC1CCC/C=C(c2ccccc2)/C=C\c2c1c1cc(-n3c4ccccc4c4ccccc43)ccc1n2-c1cccc(-n2c3ccccc3c3ccccc32)c1. The molecule has 1 unspecified atom stereocenters. The molecule has 1 aliphatic rings. The summed E-state index contributed by atoms with van der Waals surface area (Å²) in [6.07, 6.45) is 11.6. The number of hydrogen-bond donors (Lipinski definition) is 0. The molecule has 0 bridgehead atoms. The Bertz CT molecular complexity index is 3090. The third-order valence-electron chi connectivity index (χ3n) is 12.3. The summed E-state index contributed by atoms with van der Waals surface area (Å²) in [5.41, 5.74) is 14.9. The van der Waals surface area contributed by atoms with Gasteiger partial charge in [-0.3, -0.25) is 0 Å². The van der Waals surface area contributed by atoms with Crippen LogP contribution in [0.15, 0.2) is 182 Å². The first-order valence-corrected chi connectivity index (χ1v) is 20.5. The zero-order valence-corrected chi connectivity index (χ0v) is 32.1. The van der Waals surface area contributed by atoms with Gasteiger partial charge in [-0.05, 0) is 115 Å². The van der Waals surface area contributed by atoms with Crippen molar-refractivity contribution in [1.82, 2.24) is 13.7 Å². The molecule has 0 spiro atoms. The van der Waals surface area contributed by atoms with Crippen LogP contribution in [0.1, 0.15) is 55.3 Å². The molecule has 0 radical (unpaired) electrons. The quantitative estimate of drug-likeness (QED) is 0.167. The highest BCUT2D eigenvalue weighted by atomic mass is 15.0. The predicted molar refractivity (Wildman–Crippen MR) is 242 cm³/mol. The molecule has 0 N–H and O–H groups in total. The fourth-order valence-corrected chi connectivity index (χ4v) is 9.76. The Morgan fingerprint density at radius 2 is 0.965 bits per heavy atom. The number of fused-ring (bicyclic) bond motifs is 9. The maximum Gasteiger partial charge on any atom is 0.0541 e. The van der Waals surface area contributed by atoms with Crippen LogP contribution in [0, 0.1) is 0 Å². The first-order chi connectivity index (χ1) is 28.3. The molecule has 10 aromatic rings. The minimum Gasteiger partial charge on any atom is -0.309 e. The molecule has 0 aliphatic heterocycles. The van der Waals surface area contributed by atoms with Gasteiger partial charge in [-0.2, -0.15) is 0 Å². The van der Waals surface area contributed by atoms with E-state index in [2.05, 4.69) is 209 Å². The Hall–Kier alpha value is -6.84. The van der Waals surface area contributed by atoms with E-state index < -0.39 is 0 Å². The molecule has 3 heteroatoms. The maximum atomic E-state index is 2.54. The van der Waals surface area contributed by atoms with E-state index in [1.165, 1.54) is 82.6 Å². The van der Waals surface area contributed by atoms with E-state index in [1.54, 1.807) is 0 Å². The molecule has 0 fully saturated rings. The second kappa shape index (κ2) is 13.7. The van der Waals surface area contributed by atoms with Crippen molar-refractivity contribution in [3.63, 3.8) is 0 Å². The van der Waals surface area contributed by atoms with Crippen molar-refractivity contribution < 1.29 is 0 Å². The van der Waals surface area contributed by atoms with Crippen LogP contribution >= 0.6 is 0 Å². The molecule has 11 rings (SSSR count). The van der Waals surface area contributed by atoms with Gasteiger partial charge in [0.05, 0.1) is 33.3 Å². The zero-order chi connectivity index (χ0) is 37.9. The normalized spacial score (nSPS) is 16.3. The van der Waals surface area contributed by atoms with Crippen LogP contribution < -0.4 is 0 Å². The monoisotopic (exact) mass is 733 g/mol. The summed E-state index contributed by atoms with van der Waals surface area (Å²) in [7, 11) is 0. The van der Waals surface area contributed by atoms with Gasteiger partial charge in [-0.15, -0.1) is 0 Å². The first kappa shape index (κ1) is 33.5. The Balaban J connectivity index is 1.20. The standard InChI is InChI=1S/C54H43N3/c1-2-37-17-6-7-20-39(38-18-4-3-5-19-38)31-33-53-54(37)47-36-42(56-50-29-14-10-25-45(50)46-26-11-15-30-51(46)56)32-34-52(47)57(53)41-22-16-21-40(35-41)55-48-27-12-8-23-43(48)44-24-9-13-28-49(44)55/h3-5,8-16,18-37H,2,6-7,17H2,1H3/b33-31-,39-20-. The number of nitrogens with zero attached hydrogens (tertiary/aromatic N) is 3.